The van der Waals surface area contributed by atoms with E-state index in [0.29, 0.717) is 23.9 Å². The number of rotatable bonds is 4. The van der Waals surface area contributed by atoms with Gasteiger partial charge in [-0.3, -0.25) is 0 Å². The second-order valence-electron chi connectivity index (χ2n) is 10.9. The van der Waals surface area contributed by atoms with Crippen LogP contribution in [0.1, 0.15) is 88.5 Å². The average molecular weight is 559 g/mol. The van der Waals surface area contributed by atoms with Crippen LogP contribution in [0.4, 0.5) is 0 Å². The molecule has 3 nitrogen and oxygen atoms in total. The summed E-state index contributed by atoms with van der Waals surface area (Å²) in [5.41, 5.74) is 15.9. The Bertz CT molecular complexity index is 887. The maximum absolute atomic E-state index is 6.54. The Morgan fingerprint density at radius 3 is 2.33 bits per heavy atom. The average Bonchev–Trinajstić information content (AvgIpc) is 3.13. The van der Waals surface area contributed by atoms with Crippen LogP contribution in [-0.2, 0) is 6.54 Å². The monoisotopic (exact) mass is 557 g/mol. The lowest BCUT2D eigenvalue weighted by molar-refractivity contribution is 0.153. The van der Waals surface area contributed by atoms with Crippen LogP contribution in [0, 0.1) is 17.8 Å². The minimum Gasteiger partial charge on any atom is -0.347 e. The molecule has 186 valence electrons. The minimum absolute atomic E-state index is 0. The lowest BCUT2D eigenvalue weighted by atomic mass is 9.67. The molecule has 1 heterocycles. The van der Waals surface area contributed by atoms with Gasteiger partial charge in [-0.15, -0.1) is 24.8 Å². The van der Waals surface area contributed by atoms with Crippen molar-refractivity contribution in [2.24, 2.45) is 29.2 Å². The summed E-state index contributed by atoms with van der Waals surface area (Å²) in [5, 5.41) is 1.48. The van der Waals surface area contributed by atoms with Gasteiger partial charge in [0.05, 0.1) is 0 Å². The molecular weight excluding hydrogens is 517 g/mol. The Kier molecular flexibility index (Phi) is 10.0. The van der Waals surface area contributed by atoms with E-state index in [4.69, 9.17) is 11.5 Å². The van der Waals surface area contributed by atoms with Crippen molar-refractivity contribution in [2.45, 2.75) is 102 Å². The standard InChI is InChI=1S/C27H40BrN3.2ClH/c28-21-10-13-27-24(14-21)25(17-31(27)16-18-4-2-1-3-5-18)20-8-6-19(7-9-20)23-15-22(29)11-12-26(23)30;;/h10,13-14,17-20,22-23,26H,1-9,11-12,15-16,29-30H2;2*1H/t19?,20?,22-,23?,26-;;/m1../s1. The predicted octanol–water partition coefficient (Wildman–Crippen LogP) is 7.56. The molecule has 3 fully saturated rings. The number of halogens is 3. The first-order chi connectivity index (χ1) is 15.1. The van der Waals surface area contributed by atoms with Crippen molar-refractivity contribution < 1.29 is 0 Å². The van der Waals surface area contributed by atoms with E-state index in [-0.39, 0.29) is 24.8 Å². The first kappa shape index (κ1) is 27.3. The van der Waals surface area contributed by atoms with Gasteiger partial charge < -0.3 is 16.0 Å². The van der Waals surface area contributed by atoms with E-state index in [1.54, 1.807) is 5.56 Å². The third-order valence-electron chi connectivity index (χ3n) is 8.87. The van der Waals surface area contributed by atoms with Gasteiger partial charge in [0, 0.05) is 40.2 Å². The SMILES string of the molecule is Cl.Cl.N[C@@H]1CC[C@@H](N)C(C2CCC(c3cn(CC4CCCCC4)c4ccc(Br)cc34)CC2)C1. The Labute approximate surface area is 220 Å². The number of aromatic nitrogens is 1. The van der Waals surface area contributed by atoms with Gasteiger partial charge in [0.1, 0.15) is 0 Å². The first-order valence-corrected chi connectivity index (χ1v) is 13.7. The fourth-order valence-corrected chi connectivity index (χ4v) is 7.45. The highest BCUT2D eigenvalue weighted by atomic mass is 79.9. The van der Waals surface area contributed by atoms with Crippen LogP contribution in [0.3, 0.4) is 0 Å². The number of nitrogens with zero attached hydrogens (tertiary/aromatic N) is 1. The molecule has 0 aliphatic heterocycles. The fourth-order valence-electron chi connectivity index (χ4n) is 7.08. The number of nitrogens with two attached hydrogens (primary N) is 2. The zero-order chi connectivity index (χ0) is 21.4. The molecule has 5 rings (SSSR count). The molecule has 6 heteroatoms. The van der Waals surface area contributed by atoms with Gasteiger partial charge in [0.25, 0.3) is 0 Å². The lowest BCUT2D eigenvalue weighted by Crippen LogP contribution is -2.45. The molecule has 0 bridgehead atoms. The molecule has 4 N–H and O–H groups in total. The van der Waals surface area contributed by atoms with Crippen LogP contribution in [0.15, 0.2) is 28.9 Å². The zero-order valence-corrected chi connectivity index (χ0v) is 23.0. The van der Waals surface area contributed by atoms with Crippen LogP contribution >= 0.6 is 40.7 Å². The van der Waals surface area contributed by atoms with Crippen LogP contribution in [-0.4, -0.2) is 16.7 Å². The summed E-state index contributed by atoms with van der Waals surface area (Å²) in [5.74, 6) is 2.97. The van der Waals surface area contributed by atoms with Crippen molar-refractivity contribution >= 4 is 51.6 Å². The topological polar surface area (TPSA) is 57.0 Å². The molecule has 3 aliphatic carbocycles. The molecule has 1 unspecified atom stereocenters. The van der Waals surface area contributed by atoms with Gasteiger partial charge >= 0.3 is 0 Å². The zero-order valence-electron chi connectivity index (χ0n) is 19.8. The molecular formula is C27H42BrCl2N3. The fraction of sp³-hybridized carbons (Fsp3) is 0.704. The van der Waals surface area contributed by atoms with Crippen molar-refractivity contribution in [3.8, 4) is 0 Å². The summed E-state index contributed by atoms with van der Waals surface area (Å²) < 4.78 is 3.79. The smallest absolute Gasteiger partial charge is 0.0484 e. The third kappa shape index (κ3) is 6.12. The Balaban J connectivity index is 0.00000153. The van der Waals surface area contributed by atoms with Crippen molar-refractivity contribution in [1.82, 2.24) is 4.57 Å². The van der Waals surface area contributed by atoms with Crippen molar-refractivity contribution in [1.29, 1.82) is 0 Å². The van der Waals surface area contributed by atoms with E-state index in [1.807, 2.05) is 0 Å². The largest absolute Gasteiger partial charge is 0.347 e. The summed E-state index contributed by atoms with van der Waals surface area (Å²) in [6.45, 7) is 1.20. The highest BCUT2D eigenvalue weighted by Crippen LogP contribution is 2.44. The van der Waals surface area contributed by atoms with E-state index in [0.717, 1.165) is 31.1 Å². The van der Waals surface area contributed by atoms with Gasteiger partial charge in [-0.05, 0) is 105 Å². The summed E-state index contributed by atoms with van der Waals surface area (Å²) >= 11 is 3.74. The normalized spacial score (nSPS) is 31.1. The summed E-state index contributed by atoms with van der Waals surface area (Å²) in [7, 11) is 0. The van der Waals surface area contributed by atoms with Crippen molar-refractivity contribution in [2.75, 3.05) is 0 Å². The number of benzene rings is 1. The molecule has 1 aromatic heterocycles. The third-order valence-corrected chi connectivity index (χ3v) is 9.36. The van der Waals surface area contributed by atoms with E-state index in [9.17, 15) is 0 Å². The van der Waals surface area contributed by atoms with E-state index < -0.39 is 0 Å². The number of fused-ring (bicyclic) bond motifs is 1. The van der Waals surface area contributed by atoms with E-state index >= 15 is 0 Å². The van der Waals surface area contributed by atoms with Crippen LogP contribution in [0.2, 0.25) is 0 Å². The second-order valence-corrected chi connectivity index (χ2v) is 11.8. The summed E-state index contributed by atoms with van der Waals surface area (Å²) in [4.78, 5) is 0. The van der Waals surface area contributed by atoms with E-state index in [2.05, 4.69) is 44.9 Å². The van der Waals surface area contributed by atoms with Crippen molar-refractivity contribution in [3.63, 3.8) is 0 Å². The van der Waals surface area contributed by atoms with Gasteiger partial charge in [0.15, 0.2) is 0 Å². The highest BCUT2D eigenvalue weighted by molar-refractivity contribution is 9.10. The van der Waals surface area contributed by atoms with Crippen molar-refractivity contribution in [3.05, 3.63) is 34.4 Å². The Hall–Kier alpha value is -0.260. The minimum atomic E-state index is 0. The maximum atomic E-state index is 6.54. The predicted molar refractivity (Wildman–Crippen MR) is 149 cm³/mol. The summed E-state index contributed by atoms with van der Waals surface area (Å²) in [6.07, 6.45) is 18.2. The van der Waals surface area contributed by atoms with Gasteiger partial charge in [0.2, 0.25) is 0 Å². The molecule has 0 radical (unpaired) electrons. The van der Waals surface area contributed by atoms with Gasteiger partial charge in [-0.1, -0.05) is 35.2 Å². The molecule has 1 aromatic carbocycles. The second kappa shape index (κ2) is 12.1. The molecule has 3 atom stereocenters. The molecule has 2 aromatic rings. The van der Waals surface area contributed by atoms with E-state index in [1.165, 1.54) is 79.7 Å². The molecule has 33 heavy (non-hydrogen) atoms. The first-order valence-electron chi connectivity index (χ1n) is 12.9. The maximum Gasteiger partial charge on any atom is 0.0484 e. The Morgan fingerprint density at radius 1 is 0.879 bits per heavy atom. The molecule has 3 saturated carbocycles. The van der Waals surface area contributed by atoms with Crippen LogP contribution in [0.5, 0.6) is 0 Å². The lowest BCUT2D eigenvalue weighted by Gasteiger charge is -2.41. The molecule has 0 saturated heterocycles. The van der Waals surface area contributed by atoms with Crippen LogP contribution in [0.25, 0.3) is 10.9 Å². The molecule has 3 aliphatic rings. The quantitative estimate of drug-likeness (QED) is 0.406. The summed E-state index contributed by atoms with van der Waals surface area (Å²) in [6, 6.07) is 7.66. The molecule has 0 spiro atoms. The highest BCUT2D eigenvalue weighted by Gasteiger charge is 2.35. The van der Waals surface area contributed by atoms with Gasteiger partial charge in [-0.2, -0.15) is 0 Å². The number of hydrogen-bond donors (Lipinski definition) is 2. The molecule has 0 amide bonds. The van der Waals surface area contributed by atoms with Crippen LogP contribution < -0.4 is 11.5 Å². The Morgan fingerprint density at radius 2 is 1.61 bits per heavy atom. The number of hydrogen-bond acceptors (Lipinski definition) is 2. The van der Waals surface area contributed by atoms with Gasteiger partial charge in [-0.25, -0.2) is 0 Å².